The number of nitrogens with two attached hydrogens (primary N) is 1. The van der Waals surface area contributed by atoms with E-state index >= 15 is 0 Å². The number of anilines is 1. The number of rotatable bonds is 2. The van der Waals surface area contributed by atoms with E-state index in [1.807, 2.05) is 0 Å². The summed E-state index contributed by atoms with van der Waals surface area (Å²) in [6, 6.07) is 6.37. The van der Waals surface area contributed by atoms with E-state index in [-0.39, 0.29) is 0 Å². The maximum atomic E-state index is 5.49. The van der Waals surface area contributed by atoms with Crippen molar-refractivity contribution < 1.29 is 0 Å². The summed E-state index contributed by atoms with van der Waals surface area (Å²) < 4.78 is 1.74. The molecular formula is C11H14N4. The molecule has 2 rings (SSSR count). The number of hydrogen-bond acceptors (Lipinski definition) is 3. The average molecular weight is 202 g/mol. The maximum Gasteiger partial charge on any atom is 0.165 e. The Labute approximate surface area is 88.7 Å². The second kappa shape index (κ2) is 3.73. The van der Waals surface area contributed by atoms with Crippen molar-refractivity contribution in [2.45, 2.75) is 20.4 Å². The molecular weight excluding hydrogens is 188 g/mol. The molecule has 0 radical (unpaired) electrons. The molecule has 0 spiro atoms. The van der Waals surface area contributed by atoms with Crippen LogP contribution in [-0.4, -0.2) is 15.0 Å². The van der Waals surface area contributed by atoms with Crippen LogP contribution in [0.5, 0.6) is 0 Å². The first-order valence-corrected chi connectivity index (χ1v) is 4.87. The summed E-state index contributed by atoms with van der Waals surface area (Å²) in [5, 5.41) is 7.65. The van der Waals surface area contributed by atoms with Crippen LogP contribution in [0.3, 0.4) is 0 Å². The molecule has 0 bridgehead atoms. The van der Waals surface area contributed by atoms with Crippen LogP contribution in [0, 0.1) is 13.8 Å². The SMILES string of the molecule is Cc1ccc(Cn2cc(N)nn2)cc1C. The molecule has 0 aliphatic carbocycles. The summed E-state index contributed by atoms with van der Waals surface area (Å²) in [6.45, 7) is 4.92. The predicted molar refractivity (Wildman–Crippen MR) is 59.5 cm³/mol. The van der Waals surface area contributed by atoms with Gasteiger partial charge in [-0.15, -0.1) is 5.10 Å². The summed E-state index contributed by atoms with van der Waals surface area (Å²) in [5.41, 5.74) is 9.30. The molecule has 0 aliphatic rings. The van der Waals surface area contributed by atoms with Crippen molar-refractivity contribution in [2.75, 3.05) is 5.73 Å². The molecule has 0 atom stereocenters. The van der Waals surface area contributed by atoms with Gasteiger partial charge in [-0.25, -0.2) is 4.68 Å². The highest BCUT2D eigenvalue weighted by Gasteiger charge is 1.99. The van der Waals surface area contributed by atoms with Gasteiger partial charge >= 0.3 is 0 Å². The fraction of sp³-hybridized carbons (Fsp3) is 0.273. The number of hydrogen-bond donors (Lipinski definition) is 1. The molecule has 0 unspecified atom stereocenters. The van der Waals surface area contributed by atoms with Crippen LogP contribution in [0.15, 0.2) is 24.4 Å². The summed E-state index contributed by atoms with van der Waals surface area (Å²) >= 11 is 0. The van der Waals surface area contributed by atoms with E-state index in [1.165, 1.54) is 16.7 Å². The Balaban J connectivity index is 2.21. The van der Waals surface area contributed by atoms with Gasteiger partial charge in [-0.05, 0) is 30.5 Å². The summed E-state index contributed by atoms with van der Waals surface area (Å²) in [4.78, 5) is 0. The average Bonchev–Trinajstić information content (AvgIpc) is 2.58. The minimum atomic E-state index is 0.457. The zero-order chi connectivity index (χ0) is 10.8. The predicted octanol–water partition coefficient (Wildman–Crippen LogP) is 1.53. The van der Waals surface area contributed by atoms with Gasteiger partial charge in [0.2, 0.25) is 0 Å². The lowest BCUT2D eigenvalue weighted by atomic mass is 10.1. The fourth-order valence-corrected chi connectivity index (χ4v) is 1.48. The molecule has 2 aromatic rings. The molecule has 1 aromatic heterocycles. The summed E-state index contributed by atoms with van der Waals surface area (Å²) in [7, 11) is 0. The van der Waals surface area contributed by atoms with Crippen molar-refractivity contribution in [3.8, 4) is 0 Å². The van der Waals surface area contributed by atoms with E-state index < -0.39 is 0 Å². The highest BCUT2D eigenvalue weighted by atomic mass is 15.4. The van der Waals surface area contributed by atoms with Crippen LogP contribution in [-0.2, 0) is 6.54 Å². The van der Waals surface area contributed by atoms with Crippen molar-refractivity contribution in [1.82, 2.24) is 15.0 Å². The molecule has 0 saturated heterocycles. The number of aryl methyl sites for hydroxylation is 2. The van der Waals surface area contributed by atoms with Crippen LogP contribution in [0.1, 0.15) is 16.7 Å². The molecule has 0 fully saturated rings. The standard InChI is InChI=1S/C11H14N4/c1-8-3-4-10(5-9(8)2)6-15-7-11(12)13-14-15/h3-5,7H,6,12H2,1-2H3. The monoisotopic (exact) mass is 202 g/mol. The third-order valence-corrected chi connectivity index (χ3v) is 2.47. The first-order valence-electron chi connectivity index (χ1n) is 4.87. The van der Waals surface area contributed by atoms with Gasteiger partial charge in [-0.1, -0.05) is 23.4 Å². The molecule has 1 aromatic carbocycles. The Bertz CT molecular complexity index is 473. The summed E-state index contributed by atoms with van der Waals surface area (Å²) in [5.74, 6) is 0.457. The van der Waals surface area contributed by atoms with Gasteiger partial charge in [0.1, 0.15) is 0 Å². The first kappa shape index (κ1) is 9.71. The number of aromatic nitrogens is 3. The quantitative estimate of drug-likeness (QED) is 0.803. The minimum Gasteiger partial charge on any atom is -0.381 e. The Morgan fingerprint density at radius 2 is 2.07 bits per heavy atom. The second-order valence-electron chi connectivity index (χ2n) is 3.76. The zero-order valence-electron chi connectivity index (χ0n) is 8.94. The lowest BCUT2D eigenvalue weighted by Crippen LogP contribution is -2.01. The molecule has 0 aliphatic heterocycles. The van der Waals surface area contributed by atoms with E-state index in [2.05, 4.69) is 42.4 Å². The molecule has 4 heteroatoms. The van der Waals surface area contributed by atoms with E-state index in [9.17, 15) is 0 Å². The molecule has 0 saturated carbocycles. The van der Waals surface area contributed by atoms with Gasteiger partial charge in [0.05, 0.1) is 12.7 Å². The van der Waals surface area contributed by atoms with Crippen molar-refractivity contribution >= 4 is 5.82 Å². The third-order valence-electron chi connectivity index (χ3n) is 2.47. The normalized spacial score (nSPS) is 10.5. The van der Waals surface area contributed by atoms with Gasteiger partial charge in [-0.3, -0.25) is 0 Å². The zero-order valence-corrected chi connectivity index (χ0v) is 8.94. The maximum absolute atomic E-state index is 5.49. The van der Waals surface area contributed by atoms with E-state index in [0.29, 0.717) is 12.4 Å². The fourth-order valence-electron chi connectivity index (χ4n) is 1.48. The van der Waals surface area contributed by atoms with Crippen LogP contribution in [0.2, 0.25) is 0 Å². The Morgan fingerprint density at radius 3 is 2.67 bits per heavy atom. The molecule has 15 heavy (non-hydrogen) atoms. The molecule has 4 nitrogen and oxygen atoms in total. The van der Waals surface area contributed by atoms with Crippen LogP contribution < -0.4 is 5.73 Å². The van der Waals surface area contributed by atoms with Crippen molar-refractivity contribution in [3.05, 3.63) is 41.1 Å². The smallest absolute Gasteiger partial charge is 0.165 e. The lowest BCUT2D eigenvalue weighted by Gasteiger charge is -2.04. The van der Waals surface area contributed by atoms with Crippen molar-refractivity contribution in [3.63, 3.8) is 0 Å². The molecule has 2 N–H and O–H groups in total. The lowest BCUT2D eigenvalue weighted by molar-refractivity contribution is 0.649. The van der Waals surface area contributed by atoms with Gasteiger partial charge in [0.25, 0.3) is 0 Å². The summed E-state index contributed by atoms with van der Waals surface area (Å²) in [6.07, 6.45) is 1.73. The van der Waals surface area contributed by atoms with Crippen LogP contribution >= 0.6 is 0 Å². The minimum absolute atomic E-state index is 0.457. The van der Waals surface area contributed by atoms with Crippen LogP contribution in [0.25, 0.3) is 0 Å². The van der Waals surface area contributed by atoms with Gasteiger partial charge < -0.3 is 5.73 Å². The first-order chi connectivity index (χ1) is 7.15. The molecule has 1 heterocycles. The number of nitrogens with zero attached hydrogens (tertiary/aromatic N) is 3. The highest BCUT2D eigenvalue weighted by Crippen LogP contribution is 2.10. The van der Waals surface area contributed by atoms with E-state index in [1.54, 1.807) is 10.9 Å². The third kappa shape index (κ3) is 2.15. The van der Waals surface area contributed by atoms with Crippen molar-refractivity contribution in [1.29, 1.82) is 0 Å². The van der Waals surface area contributed by atoms with Gasteiger partial charge in [0, 0.05) is 0 Å². The molecule has 0 amide bonds. The largest absolute Gasteiger partial charge is 0.381 e. The van der Waals surface area contributed by atoms with E-state index in [0.717, 1.165) is 0 Å². The van der Waals surface area contributed by atoms with Crippen LogP contribution in [0.4, 0.5) is 5.82 Å². The van der Waals surface area contributed by atoms with Gasteiger partial charge in [0.15, 0.2) is 5.82 Å². The van der Waals surface area contributed by atoms with Gasteiger partial charge in [-0.2, -0.15) is 0 Å². The number of nitrogen functional groups attached to an aromatic ring is 1. The number of benzene rings is 1. The highest BCUT2D eigenvalue weighted by molar-refractivity contribution is 5.30. The Hall–Kier alpha value is -1.84. The molecule has 78 valence electrons. The Morgan fingerprint density at radius 1 is 1.27 bits per heavy atom. The second-order valence-corrected chi connectivity index (χ2v) is 3.76. The van der Waals surface area contributed by atoms with Crippen molar-refractivity contribution in [2.24, 2.45) is 0 Å². The van der Waals surface area contributed by atoms with E-state index in [4.69, 9.17) is 5.73 Å². The Kier molecular flexibility index (Phi) is 2.41. The topological polar surface area (TPSA) is 56.7 Å².